The predicted molar refractivity (Wildman–Crippen MR) is 129 cm³/mol. The Hall–Kier alpha value is -3.26. The normalized spacial score (nSPS) is 20.3. The number of nitrogens with zero attached hydrogens (tertiary/aromatic N) is 2. The number of rotatable bonds is 3. The molecule has 0 bridgehead atoms. The van der Waals surface area contributed by atoms with E-state index in [4.69, 9.17) is 18.9 Å². The van der Waals surface area contributed by atoms with Gasteiger partial charge in [0, 0.05) is 38.7 Å². The van der Waals surface area contributed by atoms with Crippen LogP contribution in [-0.2, 0) is 11.3 Å². The molecule has 4 aliphatic rings. The van der Waals surface area contributed by atoms with Gasteiger partial charge in [0.25, 0.3) is 11.8 Å². The standard InChI is InChI=1S/C14H17NO3.C13H15NO3/c16-14(15-6-2-1-3-7-15)11-4-5-12-13(10-11)18-9-8-17-12;1-16-8-9-4-5-11-10(7-9)13(15)14-6-2-3-12(14)17-11/h4-5,10H,1-3,6-9H2;4-5,7,12H,2-3,6,8H2,1H3. The molecule has 4 heterocycles. The minimum atomic E-state index is -0.0525. The summed E-state index contributed by atoms with van der Waals surface area (Å²) in [5, 5.41) is 0. The zero-order valence-corrected chi connectivity index (χ0v) is 20.2. The molecule has 0 radical (unpaired) electrons. The summed E-state index contributed by atoms with van der Waals surface area (Å²) < 4.78 is 21.9. The fourth-order valence-electron chi connectivity index (χ4n) is 4.95. The van der Waals surface area contributed by atoms with E-state index >= 15 is 0 Å². The minimum Gasteiger partial charge on any atom is -0.486 e. The van der Waals surface area contributed by atoms with Crippen LogP contribution in [0.2, 0.25) is 0 Å². The smallest absolute Gasteiger partial charge is 0.260 e. The number of amides is 2. The van der Waals surface area contributed by atoms with Crippen molar-refractivity contribution in [3.63, 3.8) is 0 Å². The molecule has 6 rings (SSSR count). The molecule has 2 fully saturated rings. The summed E-state index contributed by atoms with van der Waals surface area (Å²) in [6.45, 7) is 4.18. The van der Waals surface area contributed by atoms with E-state index in [-0.39, 0.29) is 18.0 Å². The Bertz CT molecular complexity index is 1080. The molecule has 8 nitrogen and oxygen atoms in total. The van der Waals surface area contributed by atoms with E-state index in [1.807, 2.05) is 40.1 Å². The van der Waals surface area contributed by atoms with E-state index in [1.165, 1.54) is 6.42 Å². The maximum Gasteiger partial charge on any atom is 0.260 e. The number of fused-ring (bicyclic) bond motifs is 3. The zero-order chi connectivity index (χ0) is 24.2. The molecule has 2 amide bonds. The van der Waals surface area contributed by atoms with Gasteiger partial charge in [-0.2, -0.15) is 0 Å². The molecule has 0 N–H and O–H groups in total. The van der Waals surface area contributed by atoms with Gasteiger partial charge in [0.2, 0.25) is 0 Å². The van der Waals surface area contributed by atoms with Crippen LogP contribution in [0.5, 0.6) is 17.2 Å². The van der Waals surface area contributed by atoms with Crippen molar-refractivity contribution < 1.29 is 28.5 Å². The lowest BCUT2D eigenvalue weighted by atomic mass is 10.1. The number of likely N-dealkylation sites (tertiary alicyclic amines) is 1. The summed E-state index contributed by atoms with van der Waals surface area (Å²) in [6.07, 6.45) is 5.35. The minimum absolute atomic E-state index is 0.0525. The molecule has 35 heavy (non-hydrogen) atoms. The first-order valence-electron chi connectivity index (χ1n) is 12.4. The lowest BCUT2D eigenvalue weighted by Crippen LogP contribution is -2.43. The Kier molecular flexibility index (Phi) is 7.08. The second-order valence-corrected chi connectivity index (χ2v) is 9.19. The molecule has 8 heteroatoms. The van der Waals surface area contributed by atoms with Crippen LogP contribution in [0.25, 0.3) is 0 Å². The van der Waals surface area contributed by atoms with Crippen molar-refractivity contribution in [2.45, 2.75) is 44.9 Å². The number of ether oxygens (including phenoxy) is 4. The van der Waals surface area contributed by atoms with Gasteiger partial charge in [0.1, 0.15) is 19.0 Å². The average Bonchev–Trinajstić information content (AvgIpc) is 3.38. The summed E-state index contributed by atoms with van der Waals surface area (Å²) in [5.74, 6) is 2.32. The molecule has 2 aromatic rings. The van der Waals surface area contributed by atoms with Crippen molar-refractivity contribution in [2.75, 3.05) is 40.0 Å². The fraction of sp³-hybridized carbons (Fsp3) is 0.481. The number of carbonyl (C=O) groups is 2. The third kappa shape index (κ3) is 5.07. The van der Waals surface area contributed by atoms with Gasteiger partial charge in [-0.15, -0.1) is 0 Å². The van der Waals surface area contributed by atoms with Crippen LogP contribution >= 0.6 is 0 Å². The van der Waals surface area contributed by atoms with E-state index in [0.717, 1.165) is 56.6 Å². The number of hydrogen-bond donors (Lipinski definition) is 0. The maximum absolute atomic E-state index is 12.3. The third-order valence-electron chi connectivity index (χ3n) is 6.74. The van der Waals surface area contributed by atoms with Gasteiger partial charge in [-0.3, -0.25) is 9.59 Å². The Balaban J connectivity index is 0.000000145. The Morgan fingerprint density at radius 2 is 1.71 bits per heavy atom. The first-order chi connectivity index (χ1) is 17.1. The SMILES string of the molecule is COCc1ccc2c(c1)C(=O)N1CCCC1O2.O=C(c1ccc2c(c1)OCCO2)N1CCCCC1. The summed E-state index contributed by atoms with van der Waals surface area (Å²) in [4.78, 5) is 28.3. The average molecular weight is 481 g/mol. The van der Waals surface area contributed by atoms with Crippen molar-refractivity contribution in [3.05, 3.63) is 53.1 Å². The summed E-state index contributed by atoms with van der Waals surface area (Å²) in [7, 11) is 1.65. The summed E-state index contributed by atoms with van der Waals surface area (Å²) >= 11 is 0. The van der Waals surface area contributed by atoms with Crippen molar-refractivity contribution in [1.82, 2.24) is 9.80 Å². The Labute approximate surface area is 205 Å². The molecule has 2 aromatic carbocycles. The number of methoxy groups -OCH3 is 1. The molecular formula is C27H32N2O6. The van der Waals surface area contributed by atoms with Crippen LogP contribution < -0.4 is 14.2 Å². The molecule has 0 aromatic heterocycles. The van der Waals surface area contributed by atoms with E-state index in [0.29, 0.717) is 42.4 Å². The van der Waals surface area contributed by atoms with Crippen LogP contribution in [0, 0.1) is 0 Å². The Morgan fingerprint density at radius 3 is 2.51 bits per heavy atom. The molecule has 186 valence electrons. The zero-order valence-electron chi connectivity index (χ0n) is 20.2. The van der Waals surface area contributed by atoms with Gasteiger partial charge in [0.15, 0.2) is 17.7 Å². The highest BCUT2D eigenvalue weighted by Gasteiger charge is 2.37. The van der Waals surface area contributed by atoms with Crippen LogP contribution in [0.1, 0.15) is 58.4 Å². The number of piperidine rings is 1. The van der Waals surface area contributed by atoms with E-state index < -0.39 is 0 Å². The molecule has 2 saturated heterocycles. The molecule has 4 aliphatic heterocycles. The maximum atomic E-state index is 12.3. The van der Waals surface area contributed by atoms with Crippen molar-refractivity contribution in [3.8, 4) is 17.2 Å². The van der Waals surface area contributed by atoms with Crippen molar-refractivity contribution >= 4 is 11.8 Å². The Morgan fingerprint density at radius 1 is 0.943 bits per heavy atom. The van der Waals surface area contributed by atoms with Crippen molar-refractivity contribution in [2.24, 2.45) is 0 Å². The van der Waals surface area contributed by atoms with Gasteiger partial charge in [0.05, 0.1) is 12.2 Å². The van der Waals surface area contributed by atoms with Gasteiger partial charge < -0.3 is 28.7 Å². The second-order valence-electron chi connectivity index (χ2n) is 9.19. The van der Waals surface area contributed by atoms with Gasteiger partial charge in [-0.05, 0) is 61.6 Å². The first-order valence-corrected chi connectivity index (χ1v) is 12.4. The monoisotopic (exact) mass is 480 g/mol. The van der Waals surface area contributed by atoms with Crippen LogP contribution in [-0.4, -0.2) is 67.8 Å². The highest BCUT2D eigenvalue weighted by molar-refractivity contribution is 5.98. The molecule has 0 spiro atoms. The topological polar surface area (TPSA) is 77.5 Å². The van der Waals surface area contributed by atoms with E-state index in [2.05, 4.69) is 0 Å². The molecule has 1 atom stereocenters. The summed E-state index contributed by atoms with van der Waals surface area (Å²) in [6, 6.07) is 11.1. The largest absolute Gasteiger partial charge is 0.486 e. The second kappa shape index (κ2) is 10.6. The number of benzene rings is 2. The molecule has 0 aliphatic carbocycles. The highest BCUT2D eigenvalue weighted by Crippen LogP contribution is 2.34. The third-order valence-corrected chi connectivity index (χ3v) is 6.74. The van der Waals surface area contributed by atoms with Crippen molar-refractivity contribution in [1.29, 1.82) is 0 Å². The lowest BCUT2D eigenvalue weighted by Gasteiger charge is -2.31. The lowest BCUT2D eigenvalue weighted by molar-refractivity contribution is 0.0293. The molecular weight excluding hydrogens is 448 g/mol. The van der Waals surface area contributed by atoms with Gasteiger partial charge in [-0.25, -0.2) is 0 Å². The van der Waals surface area contributed by atoms with Crippen LogP contribution in [0.4, 0.5) is 0 Å². The van der Waals surface area contributed by atoms with E-state index in [1.54, 1.807) is 13.2 Å². The van der Waals surface area contributed by atoms with Crippen LogP contribution in [0.15, 0.2) is 36.4 Å². The highest BCUT2D eigenvalue weighted by atomic mass is 16.6. The summed E-state index contributed by atoms with van der Waals surface area (Å²) in [5.41, 5.74) is 2.36. The predicted octanol–water partition coefficient (Wildman–Crippen LogP) is 3.87. The van der Waals surface area contributed by atoms with Gasteiger partial charge in [-0.1, -0.05) is 6.07 Å². The van der Waals surface area contributed by atoms with E-state index in [9.17, 15) is 9.59 Å². The molecule has 1 unspecified atom stereocenters. The number of carbonyl (C=O) groups excluding carboxylic acids is 2. The molecule has 0 saturated carbocycles. The van der Waals surface area contributed by atoms with Gasteiger partial charge >= 0.3 is 0 Å². The number of hydrogen-bond acceptors (Lipinski definition) is 6. The van der Waals surface area contributed by atoms with Crippen LogP contribution in [0.3, 0.4) is 0 Å². The fourth-order valence-corrected chi connectivity index (χ4v) is 4.95. The quantitative estimate of drug-likeness (QED) is 0.664. The first kappa shape index (κ1) is 23.5.